The third-order valence-electron chi connectivity index (χ3n) is 9.85. The van der Waals surface area contributed by atoms with Crippen molar-refractivity contribution in [1.82, 2.24) is 0 Å². The molecule has 4 aliphatic carbocycles. The van der Waals surface area contributed by atoms with E-state index in [9.17, 15) is 0 Å². The highest BCUT2D eigenvalue weighted by Gasteiger charge is 2.42. The van der Waals surface area contributed by atoms with Gasteiger partial charge in [0, 0.05) is 0 Å². The summed E-state index contributed by atoms with van der Waals surface area (Å²) in [5.74, 6) is 3.08. The van der Waals surface area contributed by atoms with Gasteiger partial charge in [0.25, 0.3) is 0 Å². The van der Waals surface area contributed by atoms with Gasteiger partial charge >= 0.3 is 0 Å². The molecule has 0 amide bonds. The van der Waals surface area contributed by atoms with E-state index in [1.807, 2.05) is 0 Å². The lowest BCUT2D eigenvalue weighted by Crippen LogP contribution is -2.50. The van der Waals surface area contributed by atoms with Gasteiger partial charge < -0.3 is 4.12 Å². The Labute approximate surface area is 224 Å². The number of hydrogen-bond acceptors (Lipinski definition) is 1. The van der Waals surface area contributed by atoms with Crippen LogP contribution in [0.2, 0.25) is 26.2 Å². The highest BCUT2D eigenvalue weighted by atomic mass is 31.1. The molecule has 0 aromatic heterocycles. The fourth-order valence-electron chi connectivity index (χ4n) is 8.46. The molecule has 1 nitrogen and oxygen atoms in total. The van der Waals surface area contributed by atoms with E-state index >= 15 is 0 Å². The van der Waals surface area contributed by atoms with Gasteiger partial charge in [-0.25, -0.2) is 0 Å². The van der Waals surface area contributed by atoms with Gasteiger partial charge in [0.1, 0.15) is 0 Å². The zero-order chi connectivity index (χ0) is 24.7. The second-order valence-corrected chi connectivity index (χ2v) is 29.5. The minimum atomic E-state index is -1.63. The van der Waals surface area contributed by atoms with Gasteiger partial charge in [0.2, 0.25) is 0 Å². The van der Waals surface area contributed by atoms with Crippen molar-refractivity contribution in [3.63, 3.8) is 0 Å². The van der Waals surface area contributed by atoms with Crippen LogP contribution >= 0.6 is 15.8 Å². The van der Waals surface area contributed by atoms with E-state index in [4.69, 9.17) is 4.12 Å². The SMILES string of the molecule is C[Si](C)(CP(C1CCCCC1)C1CCCCC1)O[Si](C)(C)CP(C1CCCCC1)C1CCCCC1. The van der Waals surface area contributed by atoms with Crippen LogP contribution in [0.4, 0.5) is 0 Å². The van der Waals surface area contributed by atoms with Crippen LogP contribution in [0.1, 0.15) is 128 Å². The summed E-state index contributed by atoms with van der Waals surface area (Å²) in [6.07, 6.45) is 30.7. The Bertz CT molecular complexity index is 515. The molecule has 0 unspecified atom stereocenters. The van der Waals surface area contributed by atoms with Gasteiger partial charge in [-0.2, -0.15) is 0 Å². The lowest BCUT2D eigenvalue weighted by atomic mass is 9.99. The quantitative estimate of drug-likeness (QED) is 0.193. The molecule has 4 saturated carbocycles. The largest absolute Gasteiger partial charge is 0.455 e. The molecule has 0 heterocycles. The second kappa shape index (κ2) is 14.1. The van der Waals surface area contributed by atoms with Crippen molar-refractivity contribution < 1.29 is 4.12 Å². The maximum atomic E-state index is 7.56. The Kier molecular flexibility index (Phi) is 11.7. The summed E-state index contributed by atoms with van der Waals surface area (Å²) >= 11 is 0. The van der Waals surface area contributed by atoms with Crippen molar-refractivity contribution in [2.24, 2.45) is 0 Å². The molecule has 0 radical (unpaired) electrons. The Morgan fingerprint density at radius 3 is 0.886 bits per heavy atom. The van der Waals surface area contributed by atoms with Gasteiger partial charge in [0.15, 0.2) is 16.6 Å². The van der Waals surface area contributed by atoms with E-state index < -0.39 is 16.6 Å². The fraction of sp³-hybridized carbons (Fsp3) is 1.00. The summed E-state index contributed by atoms with van der Waals surface area (Å²) in [6, 6.07) is 0. The summed E-state index contributed by atoms with van der Waals surface area (Å²) < 4.78 is 7.56. The number of hydrogen-bond donors (Lipinski definition) is 0. The zero-order valence-corrected chi connectivity index (χ0v) is 28.0. The van der Waals surface area contributed by atoms with E-state index in [2.05, 4.69) is 26.2 Å². The molecule has 0 aromatic carbocycles. The molecule has 4 rings (SSSR count). The van der Waals surface area contributed by atoms with E-state index in [0.29, 0.717) is 0 Å². The summed E-state index contributed by atoms with van der Waals surface area (Å²) in [5, 5.41) is 0. The third-order valence-corrected chi connectivity index (χ3v) is 29.1. The smallest absolute Gasteiger partial charge is 0.177 e. The monoisotopic (exact) mass is 554 g/mol. The van der Waals surface area contributed by atoms with Gasteiger partial charge in [0.05, 0.1) is 0 Å². The van der Waals surface area contributed by atoms with Gasteiger partial charge in [-0.05, 0) is 112 Å². The molecule has 4 fully saturated rings. The summed E-state index contributed by atoms with van der Waals surface area (Å²) in [5.41, 5.74) is 4.35. The van der Waals surface area contributed by atoms with Crippen LogP contribution in [0, 0.1) is 0 Å². The first-order valence-corrected chi connectivity index (χ1v) is 25.6. The first-order chi connectivity index (χ1) is 16.8. The molecule has 4 aliphatic rings. The molecule has 0 N–H and O–H groups in total. The van der Waals surface area contributed by atoms with E-state index in [1.165, 1.54) is 77.0 Å². The predicted octanol–water partition coefficient (Wildman–Crippen LogP) is 10.8. The number of rotatable bonds is 10. The van der Waals surface area contributed by atoms with Crippen LogP contribution in [0.5, 0.6) is 0 Å². The Hall–Kier alpha value is 1.25. The average Bonchev–Trinajstić information content (AvgIpc) is 2.87. The van der Waals surface area contributed by atoms with Crippen LogP contribution in [-0.2, 0) is 4.12 Å². The van der Waals surface area contributed by atoms with Crippen molar-refractivity contribution in [3.05, 3.63) is 0 Å². The summed E-state index contributed by atoms with van der Waals surface area (Å²) in [4.78, 5) is 0. The van der Waals surface area contributed by atoms with Gasteiger partial charge in [-0.15, -0.1) is 15.8 Å². The molecule has 0 spiro atoms. The lowest BCUT2D eigenvalue weighted by molar-refractivity contribution is 0.482. The average molecular weight is 555 g/mol. The van der Waals surface area contributed by atoms with Crippen LogP contribution in [-0.4, -0.2) is 50.8 Å². The first-order valence-electron chi connectivity index (χ1n) is 16.0. The second-order valence-electron chi connectivity index (χ2n) is 14.1. The van der Waals surface area contributed by atoms with Crippen molar-refractivity contribution in [2.75, 3.05) is 11.6 Å². The van der Waals surface area contributed by atoms with Crippen molar-refractivity contribution in [2.45, 2.75) is 177 Å². The Morgan fingerprint density at radius 2 is 0.657 bits per heavy atom. The molecular formula is C30H60OP2Si2. The molecule has 0 bridgehead atoms. The van der Waals surface area contributed by atoms with E-state index in [-0.39, 0.29) is 15.8 Å². The topological polar surface area (TPSA) is 9.23 Å². The third kappa shape index (κ3) is 9.16. The molecule has 0 atom stereocenters. The van der Waals surface area contributed by atoms with Gasteiger partial charge in [-0.3, -0.25) is 0 Å². The molecule has 0 aliphatic heterocycles. The maximum Gasteiger partial charge on any atom is 0.177 e. The normalized spacial score (nSPS) is 25.5. The van der Waals surface area contributed by atoms with E-state index in [1.54, 1.807) is 62.9 Å². The Morgan fingerprint density at radius 1 is 0.429 bits per heavy atom. The minimum absolute atomic E-state index is 0.182. The summed E-state index contributed by atoms with van der Waals surface area (Å²) in [6.45, 7) is 10.6. The van der Waals surface area contributed by atoms with Crippen molar-refractivity contribution >= 4 is 32.5 Å². The summed E-state index contributed by atoms with van der Waals surface area (Å²) in [7, 11) is -2.91. The van der Waals surface area contributed by atoms with Gasteiger partial charge in [-0.1, -0.05) is 77.0 Å². The zero-order valence-electron chi connectivity index (χ0n) is 24.2. The molecule has 35 heavy (non-hydrogen) atoms. The van der Waals surface area contributed by atoms with Crippen molar-refractivity contribution in [3.8, 4) is 0 Å². The standard InChI is InChI=1S/C30H60OP2Si2/c1-34(2,25-32(27-17-9-5-10-18-27)28-19-11-6-12-20-28)31-35(3,4)26-33(29-21-13-7-14-22-29)30-23-15-8-16-24-30/h27-30H,5-26H2,1-4H3. The predicted molar refractivity (Wildman–Crippen MR) is 167 cm³/mol. The fourth-order valence-corrected chi connectivity index (χ4v) is 32.6. The first kappa shape index (κ1) is 29.2. The molecule has 0 saturated heterocycles. The Balaban J connectivity index is 1.42. The van der Waals surface area contributed by atoms with Crippen LogP contribution in [0.3, 0.4) is 0 Å². The molecule has 0 aromatic rings. The highest BCUT2D eigenvalue weighted by Crippen LogP contribution is 2.59. The van der Waals surface area contributed by atoms with Crippen LogP contribution in [0.25, 0.3) is 0 Å². The minimum Gasteiger partial charge on any atom is -0.455 e. The maximum absolute atomic E-state index is 7.56. The van der Waals surface area contributed by atoms with E-state index in [0.717, 1.165) is 22.6 Å². The highest BCUT2D eigenvalue weighted by molar-refractivity contribution is 7.62. The van der Waals surface area contributed by atoms with Crippen LogP contribution in [0.15, 0.2) is 0 Å². The lowest BCUT2D eigenvalue weighted by Gasteiger charge is -2.46. The van der Waals surface area contributed by atoms with Crippen molar-refractivity contribution in [1.29, 1.82) is 0 Å². The molecule has 5 heteroatoms. The molecule has 204 valence electrons. The molecular weight excluding hydrogens is 494 g/mol. The van der Waals surface area contributed by atoms with Crippen LogP contribution < -0.4 is 0 Å².